The van der Waals surface area contributed by atoms with E-state index in [1.165, 1.54) is 22.9 Å². The van der Waals surface area contributed by atoms with Gasteiger partial charge in [-0.1, -0.05) is 6.07 Å². The van der Waals surface area contributed by atoms with E-state index >= 15 is 0 Å². The first kappa shape index (κ1) is 15.0. The number of fused-ring (bicyclic) bond motifs is 3. The zero-order valence-corrected chi connectivity index (χ0v) is 12.8. The number of alkyl halides is 3. The van der Waals surface area contributed by atoms with Crippen molar-refractivity contribution in [2.24, 2.45) is 0 Å². The van der Waals surface area contributed by atoms with Gasteiger partial charge in [0.05, 0.1) is 11.0 Å². The largest absolute Gasteiger partial charge is 0.534 e. The molecule has 0 aliphatic carbocycles. The van der Waals surface area contributed by atoms with E-state index in [1.54, 1.807) is 12.1 Å². The van der Waals surface area contributed by atoms with E-state index in [-0.39, 0.29) is 11.2 Å². The summed E-state index contributed by atoms with van der Waals surface area (Å²) >= 11 is 3.29. The molecule has 6 nitrogen and oxygen atoms in total. The van der Waals surface area contributed by atoms with Crippen LogP contribution in [-0.2, 0) is 10.1 Å². The molecule has 0 atom stereocenters. The lowest BCUT2D eigenvalue weighted by Crippen LogP contribution is -2.28. The number of para-hydroxylation sites is 1. The van der Waals surface area contributed by atoms with Crippen molar-refractivity contribution >= 4 is 42.7 Å². The summed E-state index contributed by atoms with van der Waals surface area (Å²) in [4.78, 5) is 7.62. The van der Waals surface area contributed by atoms with Crippen LogP contribution in [0.1, 0.15) is 0 Å². The van der Waals surface area contributed by atoms with Gasteiger partial charge in [0, 0.05) is 16.9 Å². The highest BCUT2D eigenvalue weighted by Crippen LogP contribution is 2.31. The van der Waals surface area contributed by atoms with Crippen LogP contribution >= 0.6 is 15.9 Å². The van der Waals surface area contributed by atoms with Crippen molar-refractivity contribution < 1.29 is 25.8 Å². The molecule has 0 saturated carbocycles. The van der Waals surface area contributed by atoms with E-state index < -0.39 is 21.5 Å². The molecule has 0 fully saturated rings. The molecule has 1 aromatic carbocycles. The Bertz CT molecular complexity index is 985. The van der Waals surface area contributed by atoms with Crippen molar-refractivity contribution in [1.82, 2.24) is 14.4 Å². The number of halogens is 4. The highest BCUT2D eigenvalue weighted by Gasteiger charge is 2.49. The summed E-state index contributed by atoms with van der Waals surface area (Å²) in [6.07, 6.45) is 2.75. The summed E-state index contributed by atoms with van der Waals surface area (Å²) in [6.45, 7) is 0. The summed E-state index contributed by atoms with van der Waals surface area (Å²) < 4.78 is 65.8. The molecule has 2 aromatic heterocycles. The fourth-order valence-electron chi connectivity index (χ4n) is 1.84. The van der Waals surface area contributed by atoms with Crippen LogP contribution in [0.25, 0.3) is 16.7 Å². The van der Waals surface area contributed by atoms with Gasteiger partial charge in [-0.2, -0.15) is 21.6 Å². The molecule has 2 heterocycles. The first-order chi connectivity index (χ1) is 10.2. The molecule has 3 aromatic rings. The summed E-state index contributed by atoms with van der Waals surface area (Å²) in [6, 6.07) is 4.81. The van der Waals surface area contributed by atoms with Gasteiger partial charge >= 0.3 is 15.6 Å². The van der Waals surface area contributed by atoms with Crippen LogP contribution in [0.3, 0.4) is 0 Å². The van der Waals surface area contributed by atoms with Gasteiger partial charge in [-0.15, -0.1) is 0 Å². The maximum Gasteiger partial charge on any atom is 0.534 e. The van der Waals surface area contributed by atoms with Crippen LogP contribution in [-0.4, -0.2) is 28.3 Å². The van der Waals surface area contributed by atoms with Gasteiger partial charge in [0.1, 0.15) is 0 Å². The second kappa shape index (κ2) is 4.81. The third kappa shape index (κ3) is 2.29. The van der Waals surface area contributed by atoms with Crippen LogP contribution in [0, 0.1) is 0 Å². The Morgan fingerprint density at radius 2 is 2.00 bits per heavy atom. The number of rotatable bonds is 2. The molecule has 116 valence electrons. The molecule has 0 N–H and O–H groups in total. The highest BCUT2D eigenvalue weighted by atomic mass is 79.9. The molecule has 0 saturated heterocycles. The molecule has 3 rings (SSSR count). The van der Waals surface area contributed by atoms with Crippen LogP contribution < -0.4 is 4.18 Å². The molecule has 0 radical (unpaired) electrons. The number of hydrogen-bond acceptors (Lipinski definition) is 5. The van der Waals surface area contributed by atoms with E-state index in [9.17, 15) is 21.6 Å². The predicted octanol–water partition coefficient (Wildman–Crippen LogP) is 2.87. The molecular weight excluding hydrogens is 391 g/mol. The summed E-state index contributed by atoms with van der Waals surface area (Å²) in [5.41, 5.74) is -4.93. The highest BCUT2D eigenvalue weighted by molar-refractivity contribution is 9.10. The first-order valence-electron chi connectivity index (χ1n) is 5.63. The molecule has 0 amide bonds. The van der Waals surface area contributed by atoms with Gasteiger partial charge in [-0.05, 0) is 28.1 Å². The van der Waals surface area contributed by atoms with E-state index in [0.29, 0.717) is 9.99 Å². The zero-order chi connectivity index (χ0) is 16.1. The van der Waals surface area contributed by atoms with E-state index in [1.807, 2.05) is 0 Å². The van der Waals surface area contributed by atoms with E-state index in [0.717, 1.165) is 0 Å². The number of hydrogen-bond donors (Lipinski definition) is 0. The first-order valence-corrected chi connectivity index (χ1v) is 7.83. The summed E-state index contributed by atoms with van der Waals surface area (Å²) in [5, 5.41) is 0. The summed E-state index contributed by atoms with van der Waals surface area (Å²) in [5.74, 6) is -0.743. The average Bonchev–Trinajstić information content (AvgIpc) is 2.86. The Morgan fingerprint density at radius 1 is 1.27 bits per heavy atom. The van der Waals surface area contributed by atoms with Crippen LogP contribution in [0.2, 0.25) is 0 Å². The number of aromatic nitrogens is 3. The predicted molar refractivity (Wildman–Crippen MR) is 73.8 cm³/mol. The van der Waals surface area contributed by atoms with Crippen LogP contribution in [0.4, 0.5) is 13.2 Å². The molecule has 0 unspecified atom stereocenters. The van der Waals surface area contributed by atoms with Gasteiger partial charge in [-0.3, -0.25) is 4.40 Å². The molecule has 22 heavy (non-hydrogen) atoms. The second-order valence-corrected chi connectivity index (χ2v) is 6.52. The smallest absolute Gasteiger partial charge is 0.351 e. The quantitative estimate of drug-likeness (QED) is 0.492. The maximum atomic E-state index is 12.4. The Balaban J connectivity index is 2.29. The van der Waals surface area contributed by atoms with Gasteiger partial charge in [0.15, 0.2) is 0 Å². The maximum absolute atomic E-state index is 12.4. The van der Waals surface area contributed by atoms with Crippen molar-refractivity contribution in [1.29, 1.82) is 0 Å². The van der Waals surface area contributed by atoms with Crippen molar-refractivity contribution in [3.63, 3.8) is 0 Å². The molecule has 11 heteroatoms. The third-order valence-corrected chi connectivity index (χ3v) is 4.32. The lowest BCUT2D eigenvalue weighted by Gasteiger charge is -2.11. The minimum Gasteiger partial charge on any atom is -0.351 e. The summed E-state index contributed by atoms with van der Waals surface area (Å²) in [7, 11) is -5.83. The second-order valence-electron chi connectivity index (χ2n) is 4.13. The van der Waals surface area contributed by atoms with Crippen LogP contribution in [0.5, 0.6) is 5.88 Å². The lowest BCUT2D eigenvalue weighted by atomic mass is 10.3. The van der Waals surface area contributed by atoms with Crippen LogP contribution in [0.15, 0.2) is 35.1 Å². The molecule has 0 aliphatic rings. The monoisotopic (exact) mass is 395 g/mol. The Kier molecular flexibility index (Phi) is 3.29. The third-order valence-electron chi connectivity index (χ3n) is 2.73. The van der Waals surface area contributed by atoms with Crippen molar-refractivity contribution in [3.8, 4) is 5.88 Å². The van der Waals surface area contributed by atoms with Gasteiger partial charge in [0.2, 0.25) is 5.65 Å². The SMILES string of the molecule is O=S(=O)(Oc1nc2cccc(Br)c2n2ccnc12)C(F)(F)F. The van der Waals surface area contributed by atoms with Crippen molar-refractivity contribution in [2.75, 3.05) is 0 Å². The van der Waals surface area contributed by atoms with Gasteiger partial charge in [-0.25, -0.2) is 9.97 Å². The van der Waals surface area contributed by atoms with Crippen molar-refractivity contribution in [2.45, 2.75) is 5.51 Å². The Morgan fingerprint density at radius 3 is 2.68 bits per heavy atom. The zero-order valence-electron chi connectivity index (χ0n) is 10.4. The average molecular weight is 396 g/mol. The molecule has 0 bridgehead atoms. The van der Waals surface area contributed by atoms with E-state index in [2.05, 4.69) is 30.1 Å². The minimum absolute atomic E-state index is 0.146. The Hall–Kier alpha value is -1.88. The Labute approximate surface area is 129 Å². The number of benzene rings is 1. The fraction of sp³-hybridized carbons (Fsp3) is 0.0909. The lowest BCUT2D eigenvalue weighted by molar-refractivity contribution is -0.0500. The number of imidazole rings is 1. The topological polar surface area (TPSA) is 73.6 Å². The number of nitrogens with zero attached hydrogens (tertiary/aromatic N) is 3. The fourth-order valence-corrected chi connectivity index (χ4v) is 2.80. The van der Waals surface area contributed by atoms with Gasteiger partial charge < -0.3 is 4.18 Å². The molecule has 0 aliphatic heterocycles. The van der Waals surface area contributed by atoms with E-state index in [4.69, 9.17) is 0 Å². The standard InChI is InChI=1S/C11H5BrF3N3O3S/c12-6-2-1-3-7-8(6)18-5-4-16-9(18)10(17-7)21-22(19,20)11(13,14)15/h1-5H. The van der Waals surface area contributed by atoms with Gasteiger partial charge in [0.25, 0.3) is 5.88 Å². The normalized spacial score (nSPS) is 12.9. The molecular formula is C11H5BrF3N3O3S. The molecule has 0 spiro atoms. The minimum atomic E-state index is -5.83. The van der Waals surface area contributed by atoms with Crippen molar-refractivity contribution in [3.05, 3.63) is 35.1 Å².